The minimum atomic E-state index is -0.732. The van der Waals surface area contributed by atoms with Crippen LogP contribution in [-0.4, -0.2) is 31.3 Å². The zero-order valence-electron chi connectivity index (χ0n) is 16.3. The number of likely N-dealkylation sites (N-methyl/N-ethyl adjacent to an activating group) is 1. The molecule has 2 N–H and O–H groups in total. The minimum absolute atomic E-state index is 0.191. The summed E-state index contributed by atoms with van der Waals surface area (Å²) < 4.78 is 20.3. The van der Waals surface area contributed by atoms with Crippen LogP contribution in [0.3, 0.4) is 0 Å². The van der Waals surface area contributed by atoms with Crippen molar-refractivity contribution in [3.8, 4) is 5.75 Å². The van der Waals surface area contributed by atoms with Gasteiger partial charge in [0, 0.05) is 6.54 Å². The van der Waals surface area contributed by atoms with Gasteiger partial charge in [0.05, 0.1) is 24.4 Å². The normalized spacial score (nSPS) is 17.9. The second kappa shape index (κ2) is 8.64. The van der Waals surface area contributed by atoms with E-state index >= 15 is 0 Å². The number of hydrogen-bond acceptors (Lipinski definition) is 4. The van der Waals surface area contributed by atoms with Gasteiger partial charge in [-0.1, -0.05) is 54.6 Å². The fourth-order valence-electron chi connectivity index (χ4n) is 3.99. The topological polar surface area (TPSA) is 44.7 Å². The predicted molar refractivity (Wildman–Crippen MR) is 113 cm³/mol. The fraction of sp³-hybridized carbons (Fsp3) is 0.250. The van der Waals surface area contributed by atoms with Gasteiger partial charge in [0.2, 0.25) is 0 Å². The van der Waals surface area contributed by atoms with E-state index in [0.717, 1.165) is 22.6 Å². The Kier molecular flexibility index (Phi) is 5.79. The first-order valence-electron chi connectivity index (χ1n) is 9.83. The number of halogens is 1. The standard InChI is InChI=1S/C24H25FN2O2/c1-26-15-21(28)24(18-10-7-11-19(25)14-18)27-16-23(17-8-3-2-4-9-17)29-22-13-6-5-12-20(22)27/h2-14,21,23-24,26,28H,15-16H2,1H3/t21-,23-,24+/m1/s1. The highest BCUT2D eigenvalue weighted by Crippen LogP contribution is 2.43. The first-order chi connectivity index (χ1) is 14.2. The Morgan fingerprint density at radius 2 is 1.83 bits per heavy atom. The maximum absolute atomic E-state index is 14.0. The molecule has 3 aromatic carbocycles. The molecule has 5 heteroatoms. The third-order valence-electron chi connectivity index (χ3n) is 5.28. The molecule has 29 heavy (non-hydrogen) atoms. The molecule has 3 atom stereocenters. The Labute approximate surface area is 170 Å². The van der Waals surface area contributed by atoms with Crippen LogP contribution < -0.4 is 15.0 Å². The smallest absolute Gasteiger partial charge is 0.143 e. The highest BCUT2D eigenvalue weighted by molar-refractivity contribution is 5.62. The Hall–Kier alpha value is -2.89. The summed E-state index contributed by atoms with van der Waals surface area (Å²) in [5.41, 5.74) is 2.69. The molecule has 0 fully saturated rings. The van der Waals surface area contributed by atoms with E-state index in [9.17, 15) is 9.50 Å². The molecule has 150 valence electrons. The van der Waals surface area contributed by atoms with Gasteiger partial charge in [-0.15, -0.1) is 0 Å². The van der Waals surface area contributed by atoms with E-state index in [1.165, 1.54) is 12.1 Å². The first-order valence-corrected chi connectivity index (χ1v) is 9.83. The molecule has 0 radical (unpaired) electrons. The van der Waals surface area contributed by atoms with Crippen molar-refractivity contribution in [1.82, 2.24) is 5.32 Å². The van der Waals surface area contributed by atoms with Crippen molar-refractivity contribution >= 4 is 5.69 Å². The first kappa shape index (κ1) is 19.4. The molecule has 1 aliphatic heterocycles. The number of aliphatic hydroxyl groups excluding tert-OH is 1. The largest absolute Gasteiger partial charge is 0.482 e. The van der Waals surface area contributed by atoms with Crippen molar-refractivity contribution in [2.75, 3.05) is 25.0 Å². The number of ether oxygens (including phenoxy) is 1. The summed E-state index contributed by atoms with van der Waals surface area (Å²) in [6, 6.07) is 23.9. The van der Waals surface area contributed by atoms with Crippen molar-refractivity contribution in [1.29, 1.82) is 0 Å². The van der Waals surface area contributed by atoms with E-state index in [4.69, 9.17) is 4.74 Å². The zero-order valence-corrected chi connectivity index (χ0v) is 16.3. The van der Waals surface area contributed by atoms with Gasteiger partial charge >= 0.3 is 0 Å². The van der Waals surface area contributed by atoms with Crippen LogP contribution in [0.5, 0.6) is 5.75 Å². The summed E-state index contributed by atoms with van der Waals surface area (Å²) in [5, 5.41) is 14.1. The number of rotatable bonds is 6. The predicted octanol–water partition coefficient (Wildman–Crippen LogP) is 4.09. The fourth-order valence-corrected chi connectivity index (χ4v) is 3.99. The number of aliphatic hydroxyl groups is 1. The molecule has 0 saturated heterocycles. The number of nitrogens with zero attached hydrogens (tertiary/aromatic N) is 1. The molecule has 1 heterocycles. The molecule has 1 aliphatic rings. The lowest BCUT2D eigenvalue weighted by atomic mass is 9.96. The van der Waals surface area contributed by atoms with Crippen molar-refractivity contribution in [3.05, 3.63) is 95.8 Å². The van der Waals surface area contributed by atoms with Gasteiger partial charge in [0.25, 0.3) is 0 Å². The summed E-state index contributed by atoms with van der Waals surface area (Å²) in [4.78, 5) is 2.13. The van der Waals surface area contributed by atoms with E-state index in [1.54, 1.807) is 13.1 Å². The summed E-state index contributed by atoms with van der Waals surface area (Å²) in [7, 11) is 1.80. The number of fused-ring (bicyclic) bond motifs is 1. The molecule has 0 spiro atoms. The molecule has 0 unspecified atom stereocenters. The van der Waals surface area contributed by atoms with Crippen LogP contribution in [0.1, 0.15) is 23.3 Å². The van der Waals surface area contributed by atoms with E-state index < -0.39 is 12.1 Å². The van der Waals surface area contributed by atoms with E-state index in [1.807, 2.05) is 60.7 Å². The van der Waals surface area contributed by atoms with Gasteiger partial charge < -0.3 is 20.1 Å². The van der Waals surface area contributed by atoms with Crippen LogP contribution in [0.25, 0.3) is 0 Å². The monoisotopic (exact) mass is 392 g/mol. The summed E-state index contributed by atoms with van der Waals surface area (Å²) in [6.07, 6.45) is -0.923. The summed E-state index contributed by atoms with van der Waals surface area (Å²) in [5.74, 6) is 0.441. The van der Waals surface area contributed by atoms with Gasteiger partial charge in [-0.05, 0) is 42.4 Å². The Bertz CT molecular complexity index is 950. The zero-order chi connectivity index (χ0) is 20.2. The van der Waals surface area contributed by atoms with Crippen LogP contribution in [0.2, 0.25) is 0 Å². The molecule has 3 aromatic rings. The van der Waals surface area contributed by atoms with Gasteiger partial charge in [0.15, 0.2) is 0 Å². The molecule has 0 aromatic heterocycles. The molecular weight excluding hydrogens is 367 g/mol. The number of hydrogen-bond donors (Lipinski definition) is 2. The van der Waals surface area contributed by atoms with E-state index in [-0.39, 0.29) is 11.9 Å². The lowest BCUT2D eigenvalue weighted by Gasteiger charge is -2.43. The molecule has 0 aliphatic carbocycles. The van der Waals surface area contributed by atoms with Gasteiger partial charge in [-0.3, -0.25) is 0 Å². The van der Waals surface area contributed by atoms with Crippen molar-refractivity contribution in [2.24, 2.45) is 0 Å². The second-order valence-corrected chi connectivity index (χ2v) is 7.26. The van der Waals surface area contributed by atoms with Gasteiger partial charge in [-0.25, -0.2) is 4.39 Å². The maximum Gasteiger partial charge on any atom is 0.143 e. The Morgan fingerprint density at radius 1 is 1.07 bits per heavy atom. The van der Waals surface area contributed by atoms with Gasteiger partial charge in [0.1, 0.15) is 17.7 Å². The second-order valence-electron chi connectivity index (χ2n) is 7.26. The summed E-state index contributed by atoms with van der Waals surface area (Å²) in [6.45, 7) is 0.930. The molecule has 4 rings (SSSR count). The Morgan fingerprint density at radius 3 is 2.59 bits per heavy atom. The van der Waals surface area contributed by atoms with Crippen LogP contribution in [0.15, 0.2) is 78.9 Å². The molecule has 4 nitrogen and oxygen atoms in total. The highest BCUT2D eigenvalue weighted by Gasteiger charge is 2.35. The third kappa shape index (κ3) is 4.11. The van der Waals surface area contributed by atoms with Crippen molar-refractivity contribution in [3.63, 3.8) is 0 Å². The van der Waals surface area contributed by atoms with E-state index in [0.29, 0.717) is 13.1 Å². The molecule has 0 saturated carbocycles. The highest BCUT2D eigenvalue weighted by atomic mass is 19.1. The van der Waals surface area contributed by atoms with Crippen molar-refractivity contribution < 1.29 is 14.2 Å². The number of anilines is 1. The molecule has 0 bridgehead atoms. The quantitative estimate of drug-likeness (QED) is 0.663. The van der Waals surface area contributed by atoms with Crippen molar-refractivity contribution in [2.45, 2.75) is 18.2 Å². The lowest BCUT2D eigenvalue weighted by molar-refractivity contribution is 0.124. The Balaban J connectivity index is 1.79. The van der Waals surface area contributed by atoms with Crippen LogP contribution in [0.4, 0.5) is 10.1 Å². The number of nitrogens with one attached hydrogen (secondary N) is 1. The van der Waals surface area contributed by atoms with Crippen LogP contribution in [-0.2, 0) is 0 Å². The molecular formula is C24H25FN2O2. The van der Waals surface area contributed by atoms with Gasteiger partial charge in [-0.2, -0.15) is 0 Å². The molecule has 0 amide bonds. The van der Waals surface area contributed by atoms with Crippen LogP contribution >= 0.6 is 0 Å². The number of para-hydroxylation sites is 2. The minimum Gasteiger partial charge on any atom is -0.482 e. The third-order valence-corrected chi connectivity index (χ3v) is 5.28. The SMILES string of the molecule is CNC[C@@H](O)[C@H](c1cccc(F)c1)N1C[C@H](c2ccccc2)Oc2ccccc21. The lowest BCUT2D eigenvalue weighted by Crippen LogP contribution is -2.45. The van der Waals surface area contributed by atoms with E-state index in [2.05, 4.69) is 10.2 Å². The maximum atomic E-state index is 14.0. The van der Waals surface area contributed by atoms with Crippen LogP contribution in [0, 0.1) is 5.82 Å². The number of benzene rings is 3. The summed E-state index contributed by atoms with van der Waals surface area (Å²) >= 11 is 0. The average Bonchev–Trinajstić information content (AvgIpc) is 2.75. The average molecular weight is 392 g/mol.